The zero-order valence-corrected chi connectivity index (χ0v) is 11.5. The second-order valence-electron chi connectivity index (χ2n) is 3.52. The van der Waals surface area contributed by atoms with E-state index in [-0.39, 0.29) is 5.91 Å². The van der Waals surface area contributed by atoms with Crippen LogP contribution in [-0.2, 0) is 0 Å². The van der Waals surface area contributed by atoms with Gasteiger partial charge in [-0.15, -0.1) is 0 Å². The Morgan fingerprint density at radius 2 is 2.17 bits per heavy atom. The molecule has 6 heteroatoms. The normalized spacial score (nSPS) is 10.1. The molecule has 3 N–H and O–H groups in total. The highest BCUT2D eigenvalue weighted by molar-refractivity contribution is 9.10. The number of halogens is 2. The first-order valence-electron chi connectivity index (χ1n) is 5.05. The minimum absolute atomic E-state index is 0.311. The van der Waals surface area contributed by atoms with Crippen molar-refractivity contribution in [3.63, 3.8) is 0 Å². The quantitative estimate of drug-likeness (QED) is 0.832. The van der Waals surface area contributed by atoms with Crippen LogP contribution in [0.2, 0.25) is 5.02 Å². The van der Waals surface area contributed by atoms with Crippen LogP contribution in [0.1, 0.15) is 10.5 Å². The molecule has 0 unspecified atom stereocenters. The van der Waals surface area contributed by atoms with E-state index in [0.717, 1.165) is 0 Å². The molecule has 2 rings (SSSR count). The number of nitrogens with one attached hydrogen (secondary N) is 1. The van der Waals surface area contributed by atoms with E-state index in [0.29, 0.717) is 26.6 Å². The average Bonchev–Trinajstić information content (AvgIpc) is 2.34. The number of benzene rings is 1. The summed E-state index contributed by atoms with van der Waals surface area (Å²) in [5.74, 6) is -0.316. The number of pyridine rings is 1. The van der Waals surface area contributed by atoms with Gasteiger partial charge in [0.15, 0.2) is 0 Å². The van der Waals surface area contributed by atoms with Crippen molar-refractivity contribution in [3.05, 3.63) is 51.7 Å². The van der Waals surface area contributed by atoms with E-state index in [1.54, 1.807) is 36.5 Å². The molecule has 0 radical (unpaired) electrons. The van der Waals surface area contributed by atoms with Crippen LogP contribution in [0.5, 0.6) is 0 Å². The Balaban J connectivity index is 2.22. The van der Waals surface area contributed by atoms with Gasteiger partial charge < -0.3 is 11.1 Å². The third-order valence-corrected chi connectivity index (χ3v) is 3.20. The molecule has 0 bridgehead atoms. The molecule has 0 saturated carbocycles. The minimum Gasteiger partial charge on any atom is -0.398 e. The predicted molar refractivity (Wildman–Crippen MR) is 75.8 cm³/mol. The summed E-state index contributed by atoms with van der Waals surface area (Å²) >= 11 is 9.14. The van der Waals surface area contributed by atoms with E-state index in [4.69, 9.17) is 17.3 Å². The Labute approximate surface area is 117 Å². The third-order valence-electron chi connectivity index (χ3n) is 2.23. The van der Waals surface area contributed by atoms with Crippen molar-refractivity contribution in [2.75, 3.05) is 11.1 Å². The second-order valence-corrected chi connectivity index (χ2v) is 4.79. The van der Waals surface area contributed by atoms with E-state index in [1.165, 1.54) is 0 Å². The summed E-state index contributed by atoms with van der Waals surface area (Å²) in [6.07, 6.45) is 1.55. The van der Waals surface area contributed by atoms with Crippen LogP contribution in [0, 0.1) is 0 Å². The van der Waals surface area contributed by atoms with Crippen LogP contribution in [0.25, 0.3) is 0 Å². The average molecular weight is 327 g/mol. The van der Waals surface area contributed by atoms with Gasteiger partial charge in [-0.2, -0.15) is 0 Å². The summed E-state index contributed by atoms with van der Waals surface area (Å²) in [6.45, 7) is 0. The van der Waals surface area contributed by atoms with E-state index in [1.807, 2.05) is 0 Å². The number of hydrogen-bond donors (Lipinski definition) is 2. The van der Waals surface area contributed by atoms with Crippen LogP contribution in [0.4, 0.5) is 11.4 Å². The number of carbonyl (C=O) groups excluding carboxylic acids is 1. The predicted octanol–water partition coefficient (Wildman–Crippen LogP) is 3.33. The van der Waals surface area contributed by atoms with Crippen LogP contribution < -0.4 is 11.1 Å². The molecule has 0 aliphatic carbocycles. The fraction of sp³-hybridized carbons (Fsp3) is 0. The summed E-state index contributed by atoms with van der Waals surface area (Å²) in [4.78, 5) is 16.0. The van der Waals surface area contributed by atoms with Crippen molar-refractivity contribution in [1.82, 2.24) is 4.98 Å². The molecule has 92 valence electrons. The molecule has 1 aromatic heterocycles. The number of rotatable bonds is 2. The van der Waals surface area contributed by atoms with Crippen LogP contribution >= 0.6 is 27.5 Å². The Morgan fingerprint density at radius 3 is 2.83 bits per heavy atom. The van der Waals surface area contributed by atoms with Crippen molar-refractivity contribution in [2.45, 2.75) is 0 Å². The topological polar surface area (TPSA) is 68.0 Å². The Bertz CT molecular complexity index is 604. The molecule has 0 aliphatic rings. The third kappa shape index (κ3) is 2.80. The zero-order chi connectivity index (χ0) is 13.1. The molecule has 0 atom stereocenters. The van der Waals surface area contributed by atoms with Gasteiger partial charge in [-0.05, 0) is 46.3 Å². The van der Waals surface area contributed by atoms with Gasteiger partial charge in [-0.3, -0.25) is 4.79 Å². The van der Waals surface area contributed by atoms with E-state index in [2.05, 4.69) is 26.2 Å². The number of nitrogen functional groups attached to an aromatic ring is 1. The fourth-order valence-electron chi connectivity index (χ4n) is 1.35. The van der Waals surface area contributed by atoms with Crippen LogP contribution in [0.15, 0.2) is 41.0 Å². The second kappa shape index (κ2) is 5.37. The molecule has 0 saturated heterocycles. The summed E-state index contributed by atoms with van der Waals surface area (Å²) in [5, 5.41) is 3.09. The monoisotopic (exact) mass is 325 g/mol. The first-order valence-corrected chi connectivity index (χ1v) is 6.22. The number of anilines is 2. The van der Waals surface area contributed by atoms with Crippen molar-refractivity contribution in [1.29, 1.82) is 0 Å². The number of aromatic nitrogens is 1. The Kier molecular flexibility index (Phi) is 3.84. The molecular formula is C12H9BrClN3O. The molecule has 18 heavy (non-hydrogen) atoms. The van der Waals surface area contributed by atoms with Crippen molar-refractivity contribution < 1.29 is 4.79 Å². The van der Waals surface area contributed by atoms with E-state index < -0.39 is 0 Å². The first-order chi connectivity index (χ1) is 8.58. The number of amides is 1. The highest BCUT2D eigenvalue weighted by atomic mass is 79.9. The summed E-state index contributed by atoms with van der Waals surface area (Å²) in [7, 11) is 0. The summed E-state index contributed by atoms with van der Waals surface area (Å²) in [5.41, 5.74) is 6.93. The van der Waals surface area contributed by atoms with Gasteiger partial charge >= 0.3 is 0 Å². The largest absolute Gasteiger partial charge is 0.398 e. The minimum atomic E-state index is -0.316. The van der Waals surface area contributed by atoms with Crippen molar-refractivity contribution >= 4 is 44.8 Å². The fourth-order valence-corrected chi connectivity index (χ4v) is 1.96. The molecule has 0 aliphatic heterocycles. The lowest BCUT2D eigenvalue weighted by atomic mass is 10.2. The van der Waals surface area contributed by atoms with Crippen molar-refractivity contribution in [3.8, 4) is 0 Å². The maximum atomic E-state index is 12.0. The standard InChI is InChI=1S/C12H9BrClN3O/c13-8-2-1-5-16-11(8)12(18)17-7-3-4-10(15)9(14)6-7/h1-6H,15H2,(H,17,18). The highest BCUT2D eigenvalue weighted by Crippen LogP contribution is 2.23. The Hall–Kier alpha value is -1.59. The molecule has 4 nitrogen and oxygen atoms in total. The summed E-state index contributed by atoms with van der Waals surface area (Å²) < 4.78 is 0.629. The molecule has 0 spiro atoms. The molecule has 1 amide bonds. The lowest BCUT2D eigenvalue weighted by molar-refractivity contribution is 0.102. The SMILES string of the molecule is Nc1ccc(NC(=O)c2ncccc2Br)cc1Cl. The molecule has 1 heterocycles. The molecular weight excluding hydrogens is 318 g/mol. The van der Waals surface area contributed by atoms with Crippen molar-refractivity contribution in [2.24, 2.45) is 0 Å². The van der Waals surface area contributed by atoms with Gasteiger partial charge in [0.1, 0.15) is 5.69 Å². The van der Waals surface area contributed by atoms with Crippen LogP contribution in [0.3, 0.4) is 0 Å². The summed E-state index contributed by atoms with van der Waals surface area (Å²) in [6, 6.07) is 8.38. The number of hydrogen-bond acceptors (Lipinski definition) is 3. The van der Waals surface area contributed by atoms with Gasteiger partial charge in [-0.1, -0.05) is 11.6 Å². The van der Waals surface area contributed by atoms with E-state index >= 15 is 0 Å². The molecule has 2 aromatic rings. The number of carbonyl (C=O) groups is 1. The maximum Gasteiger partial charge on any atom is 0.275 e. The van der Waals surface area contributed by atoms with Gasteiger partial charge in [0.2, 0.25) is 0 Å². The van der Waals surface area contributed by atoms with Gasteiger partial charge in [0.25, 0.3) is 5.91 Å². The smallest absolute Gasteiger partial charge is 0.275 e. The molecule has 1 aromatic carbocycles. The number of nitrogens with two attached hydrogens (primary N) is 1. The first kappa shape index (κ1) is 12.9. The molecule has 0 fully saturated rings. The Morgan fingerprint density at radius 1 is 1.39 bits per heavy atom. The van der Waals surface area contributed by atoms with Gasteiger partial charge in [0, 0.05) is 16.4 Å². The van der Waals surface area contributed by atoms with Gasteiger partial charge in [0.05, 0.1) is 10.7 Å². The van der Waals surface area contributed by atoms with Crippen LogP contribution in [-0.4, -0.2) is 10.9 Å². The zero-order valence-electron chi connectivity index (χ0n) is 9.15. The maximum absolute atomic E-state index is 12.0. The van der Waals surface area contributed by atoms with E-state index in [9.17, 15) is 4.79 Å². The lowest BCUT2D eigenvalue weighted by Gasteiger charge is -2.07. The lowest BCUT2D eigenvalue weighted by Crippen LogP contribution is -2.14. The number of nitrogens with zero attached hydrogens (tertiary/aromatic N) is 1. The highest BCUT2D eigenvalue weighted by Gasteiger charge is 2.11. The van der Waals surface area contributed by atoms with Gasteiger partial charge in [-0.25, -0.2) is 4.98 Å².